The van der Waals surface area contributed by atoms with Crippen LogP contribution in [0.3, 0.4) is 0 Å². The third-order valence-corrected chi connectivity index (χ3v) is 5.48. The van der Waals surface area contributed by atoms with E-state index in [9.17, 15) is 27.6 Å². The van der Waals surface area contributed by atoms with Crippen LogP contribution in [-0.2, 0) is 23.9 Å². The van der Waals surface area contributed by atoms with Crippen LogP contribution in [0.2, 0.25) is 0 Å². The van der Waals surface area contributed by atoms with Crippen molar-refractivity contribution in [1.82, 2.24) is 14.5 Å². The number of nitrogens with zero attached hydrogens (tertiary/aromatic N) is 2. The lowest BCUT2D eigenvalue weighted by Gasteiger charge is -2.15. The van der Waals surface area contributed by atoms with Gasteiger partial charge in [-0.1, -0.05) is 36.4 Å². The number of fused-ring (bicyclic) bond motifs is 1. The molecule has 1 amide bonds. The molecule has 0 aliphatic rings. The maximum Gasteiger partial charge on any atom is 0.416 e. The SMILES string of the molecule is CNC(=O)Cc1ccc(-n2c(=O)c3ccccc3n(Cc3cccc(C(F)(F)F)c3)c2=O)cc1. The molecular formula is C25H20F3N3O3. The molecule has 1 heterocycles. The van der Waals surface area contributed by atoms with Crippen LogP contribution in [0, 0.1) is 0 Å². The number of para-hydroxylation sites is 1. The minimum absolute atomic E-state index is 0.142. The molecule has 0 fully saturated rings. The van der Waals surface area contributed by atoms with Gasteiger partial charge in [-0.05, 0) is 47.5 Å². The molecule has 4 rings (SSSR count). The second kappa shape index (κ2) is 9.01. The largest absolute Gasteiger partial charge is 0.416 e. The molecule has 3 aromatic carbocycles. The summed E-state index contributed by atoms with van der Waals surface area (Å²) >= 11 is 0. The summed E-state index contributed by atoms with van der Waals surface area (Å²) in [5.41, 5.74) is -0.460. The number of carbonyl (C=O) groups excluding carboxylic acids is 1. The van der Waals surface area contributed by atoms with Crippen molar-refractivity contribution in [2.75, 3.05) is 7.05 Å². The zero-order chi connectivity index (χ0) is 24.5. The lowest BCUT2D eigenvalue weighted by atomic mass is 10.1. The molecule has 4 aromatic rings. The van der Waals surface area contributed by atoms with E-state index in [1.807, 2.05) is 0 Å². The number of halogens is 3. The van der Waals surface area contributed by atoms with Gasteiger partial charge in [-0.15, -0.1) is 0 Å². The molecular weight excluding hydrogens is 447 g/mol. The van der Waals surface area contributed by atoms with E-state index in [0.29, 0.717) is 16.8 Å². The van der Waals surface area contributed by atoms with Crippen LogP contribution in [0.4, 0.5) is 13.2 Å². The zero-order valence-electron chi connectivity index (χ0n) is 18.1. The number of nitrogens with one attached hydrogen (secondary N) is 1. The van der Waals surface area contributed by atoms with E-state index in [1.165, 1.54) is 23.7 Å². The third kappa shape index (κ3) is 4.50. The predicted molar refractivity (Wildman–Crippen MR) is 122 cm³/mol. The highest BCUT2D eigenvalue weighted by molar-refractivity contribution is 5.79. The highest BCUT2D eigenvalue weighted by atomic mass is 19.4. The van der Waals surface area contributed by atoms with Gasteiger partial charge >= 0.3 is 11.9 Å². The van der Waals surface area contributed by atoms with Gasteiger partial charge in [0.05, 0.1) is 35.1 Å². The molecule has 0 atom stereocenters. The molecule has 174 valence electrons. The van der Waals surface area contributed by atoms with Crippen LogP contribution in [0.5, 0.6) is 0 Å². The summed E-state index contributed by atoms with van der Waals surface area (Å²) in [6, 6.07) is 17.6. The van der Waals surface area contributed by atoms with Crippen LogP contribution in [-0.4, -0.2) is 22.1 Å². The molecule has 1 N–H and O–H groups in total. The van der Waals surface area contributed by atoms with Crippen molar-refractivity contribution >= 4 is 16.8 Å². The van der Waals surface area contributed by atoms with Gasteiger partial charge in [0.25, 0.3) is 5.56 Å². The van der Waals surface area contributed by atoms with Crippen molar-refractivity contribution in [2.24, 2.45) is 0 Å². The van der Waals surface area contributed by atoms with Crippen molar-refractivity contribution in [3.05, 3.63) is 110 Å². The van der Waals surface area contributed by atoms with E-state index in [4.69, 9.17) is 0 Å². The number of aromatic nitrogens is 2. The van der Waals surface area contributed by atoms with Crippen molar-refractivity contribution < 1.29 is 18.0 Å². The number of hydrogen-bond acceptors (Lipinski definition) is 3. The van der Waals surface area contributed by atoms with Crippen molar-refractivity contribution in [3.8, 4) is 5.69 Å². The molecule has 6 nitrogen and oxygen atoms in total. The van der Waals surface area contributed by atoms with Crippen molar-refractivity contribution in [2.45, 2.75) is 19.1 Å². The van der Waals surface area contributed by atoms with E-state index in [-0.39, 0.29) is 29.8 Å². The number of carbonyl (C=O) groups is 1. The molecule has 0 aliphatic carbocycles. The van der Waals surface area contributed by atoms with Crippen molar-refractivity contribution in [1.29, 1.82) is 0 Å². The van der Waals surface area contributed by atoms with E-state index in [2.05, 4.69) is 5.32 Å². The molecule has 0 aliphatic heterocycles. The Hall–Kier alpha value is -4.14. The zero-order valence-corrected chi connectivity index (χ0v) is 18.1. The Bertz CT molecular complexity index is 1490. The van der Waals surface area contributed by atoms with Gasteiger partial charge in [-0.2, -0.15) is 13.2 Å². The molecule has 1 aromatic heterocycles. The Balaban J connectivity index is 1.85. The number of alkyl halides is 3. The normalized spacial score (nSPS) is 11.5. The fraction of sp³-hybridized carbons (Fsp3) is 0.160. The van der Waals surface area contributed by atoms with E-state index >= 15 is 0 Å². The predicted octanol–water partition coefficient (Wildman–Crippen LogP) is 3.51. The molecule has 0 unspecified atom stereocenters. The van der Waals surface area contributed by atoms with E-state index in [1.54, 1.807) is 48.5 Å². The number of likely N-dealkylation sites (N-methyl/N-ethyl adjacent to an activating group) is 1. The van der Waals surface area contributed by atoms with Gasteiger partial charge in [0.1, 0.15) is 0 Å². The number of rotatable bonds is 5. The summed E-state index contributed by atoms with van der Waals surface area (Å²) in [7, 11) is 1.53. The summed E-state index contributed by atoms with van der Waals surface area (Å²) < 4.78 is 41.8. The van der Waals surface area contributed by atoms with Crippen LogP contribution in [0.15, 0.2) is 82.4 Å². The van der Waals surface area contributed by atoms with Crippen LogP contribution < -0.4 is 16.6 Å². The van der Waals surface area contributed by atoms with Gasteiger partial charge in [0.15, 0.2) is 0 Å². The average molecular weight is 467 g/mol. The quantitative estimate of drug-likeness (QED) is 0.488. The summed E-state index contributed by atoms with van der Waals surface area (Å²) in [5.74, 6) is -0.181. The fourth-order valence-corrected chi connectivity index (χ4v) is 3.77. The number of amides is 1. The standard InChI is InChI=1S/C25H20F3N3O3/c1-29-22(32)14-16-9-11-19(12-10-16)31-23(33)20-7-2-3-8-21(20)30(24(31)34)15-17-5-4-6-18(13-17)25(26,27)28/h2-13H,14-15H2,1H3,(H,29,32). The maximum absolute atomic E-state index is 13.4. The maximum atomic E-state index is 13.4. The summed E-state index contributed by atoms with van der Waals surface area (Å²) in [6.45, 7) is -0.154. The molecule has 9 heteroatoms. The highest BCUT2D eigenvalue weighted by Crippen LogP contribution is 2.29. The second-order valence-electron chi connectivity index (χ2n) is 7.74. The van der Waals surface area contributed by atoms with E-state index < -0.39 is 23.0 Å². The molecule has 34 heavy (non-hydrogen) atoms. The first kappa shape index (κ1) is 23.0. The minimum Gasteiger partial charge on any atom is -0.359 e. The Morgan fingerprint density at radius 2 is 1.62 bits per heavy atom. The monoisotopic (exact) mass is 467 g/mol. The average Bonchev–Trinajstić information content (AvgIpc) is 2.82. The van der Waals surface area contributed by atoms with E-state index in [0.717, 1.165) is 16.7 Å². The van der Waals surface area contributed by atoms with Gasteiger partial charge in [0.2, 0.25) is 5.91 Å². The first-order valence-electron chi connectivity index (χ1n) is 10.4. The number of benzene rings is 3. The second-order valence-corrected chi connectivity index (χ2v) is 7.74. The fourth-order valence-electron chi connectivity index (χ4n) is 3.77. The van der Waals surface area contributed by atoms with Gasteiger partial charge in [-0.25, -0.2) is 9.36 Å². The molecule has 0 spiro atoms. The lowest BCUT2D eigenvalue weighted by Crippen LogP contribution is -2.39. The van der Waals surface area contributed by atoms with Crippen LogP contribution in [0.1, 0.15) is 16.7 Å². The third-order valence-electron chi connectivity index (χ3n) is 5.48. The summed E-state index contributed by atoms with van der Waals surface area (Å²) in [5, 5.41) is 2.78. The minimum atomic E-state index is -4.52. The Labute approximate surface area is 191 Å². The molecule has 0 saturated heterocycles. The summed E-state index contributed by atoms with van der Waals surface area (Å²) in [6.07, 6.45) is -4.37. The van der Waals surface area contributed by atoms with Crippen molar-refractivity contribution in [3.63, 3.8) is 0 Å². The van der Waals surface area contributed by atoms with Crippen LogP contribution >= 0.6 is 0 Å². The molecule has 0 bridgehead atoms. The van der Waals surface area contributed by atoms with Gasteiger partial charge < -0.3 is 5.32 Å². The Morgan fingerprint density at radius 1 is 0.912 bits per heavy atom. The van der Waals surface area contributed by atoms with Gasteiger partial charge in [-0.3, -0.25) is 14.2 Å². The lowest BCUT2D eigenvalue weighted by molar-refractivity contribution is -0.137. The first-order chi connectivity index (χ1) is 16.2. The van der Waals surface area contributed by atoms with Crippen LogP contribution in [0.25, 0.3) is 16.6 Å². The Morgan fingerprint density at radius 3 is 2.29 bits per heavy atom. The summed E-state index contributed by atoms with van der Waals surface area (Å²) in [4.78, 5) is 38.2. The highest BCUT2D eigenvalue weighted by Gasteiger charge is 2.30. The molecule has 0 radical (unpaired) electrons. The topological polar surface area (TPSA) is 73.1 Å². The smallest absolute Gasteiger partial charge is 0.359 e. The Kier molecular flexibility index (Phi) is 6.10. The first-order valence-corrected chi connectivity index (χ1v) is 10.4. The number of hydrogen-bond donors (Lipinski definition) is 1. The molecule has 0 saturated carbocycles. The van der Waals surface area contributed by atoms with Gasteiger partial charge in [0, 0.05) is 7.05 Å².